The molecule has 0 amide bonds. The highest BCUT2D eigenvalue weighted by Gasteiger charge is 1.71. The van der Waals surface area contributed by atoms with Gasteiger partial charge < -0.3 is 4.79 Å². The zero-order valence-corrected chi connectivity index (χ0v) is 4.97. The summed E-state index contributed by atoms with van der Waals surface area (Å²) in [6.07, 6.45) is 7.16. The molecular weight excluding hydrogens is 100 g/mol. The molecule has 0 aromatic carbocycles. The van der Waals surface area contributed by atoms with E-state index < -0.39 is 0 Å². The van der Waals surface area contributed by atoms with E-state index >= 15 is 0 Å². The molecule has 1 heteroatoms. The molecule has 0 saturated heterocycles. The first-order valence-corrected chi connectivity index (χ1v) is 2.79. The summed E-state index contributed by atoms with van der Waals surface area (Å²) in [5, 5.41) is 0. The summed E-state index contributed by atoms with van der Waals surface area (Å²) in [5.41, 5.74) is 0. The summed E-state index contributed by atoms with van der Waals surface area (Å²) < 4.78 is 0. The Morgan fingerprint density at radius 3 is 2.62 bits per heavy atom. The standard InChI is InChI=1S/C7H11O/c1-2-3-4-5-6-7-8/h4-5,7H,1-3,6H2. The molecule has 1 nitrogen and oxygen atoms in total. The largest absolute Gasteiger partial charge is 0.303 e. The van der Waals surface area contributed by atoms with Crippen molar-refractivity contribution >= 4 is 6.29 Å². The maximum atomic E-state index is 9.70. The maximum absolute atomic E-state index is 9.70. The van der Waals surface area contributed by atoms with Gasteiger partial charge in [-0.2, -0.15) is 0 Å². The summed E-state index contributed by atoms with van der Waals surface area (Å²) in [6.45, 7) is 3.64. The smallest absolute Gasteiger partial charge is 0.123 e. The van der Waals surface area contributed by atoms with Crippen molar-refractivity contribution in [1.29, 1.82) is 0 Å². The van der Waals surface area contributed by atoms with Crippen molar-refractivity contribution in [3.8, 4) is 0 Å². The third kappa shape index (κ3) is 5.41. The highest BCUT2D eigenvalue weighted by atomic mass is 16.1. The van der Waals surface area contributed by atoms with Gasteiger partial charge in [-0.15, -0.1) is 0 Å². The number of carbonyl (C=O) groups excluding carboxylic acids is 1. The van der Waals surface area contributed by atoms with Gasteiger partial charge in [-0.1, -0.05) is 19.1 Å². The van der Waals surface area contributed by atoms with Gasteiger partial charge in [-0.3, -0.25) is 0 Å². The molecule has 8 heavy (non-hydrogen) atoms. The van der Waals surface area contributed by atoms with Crippen LogP contribution in [0.2, 0.25) is 0 Å². The fourth-order valence-electron chi connectivity index (χ4n) is 0.387. The fraction of sp³-hybridized carbons (Fsp3) is 0.429. The molecule has 1 radical (unpaired) electrons. The van der Waals surface area contributed by atoms with Gasteiger partial charge in [-0.25, -0.2) is 0 Å². The molecule has 0 aliphatic rings. The molecule has 0 heterocycles. The Morgan fingerprint density at radius 1 is 1.38 bits per heavy atom. The lowest BCUT2D eigenvalue weighted by Gasteiger charge is -1.79. The van der Waals surface area contributed by atoms with Crippen LogP contribution in [0, 0.1) is 6.92 Å². The molecule has 0 aromatic rings. The second kappa shape index (κ2) is 6.41. The number of hydrogen-bond donors (Lipinski definition) is 0. The number of allylic oxidation sites excluding steroid dienone is 2. The molecule has 0 aromatic heterocycles. The Labute approximate surface area is 50.4 Å². The van der Waals surface area contributed by atoms with Gasteiger partial charge in [0.05, 0.1) is 0 Å². The fourth-order valence-corrected chi connectivity index (χ4v) is 0.387. The van der Waals surface area contributed by atoms with Crippen LogP contribution >= 0.6 is 0 Å². The number of aldehydes is 1. The third-order valence-corrected chi connectivity index (χ3v) is 0.770. The van der Waals surface area contributed by atoms with Crippen molar-refractivity contribution in [3.63, 3.8) is 0 Å². The van der Waals surface area contributed by atoms with Gasteiger partial charge in [0, 0.05) is 6.42 Å². The number of hydrogen-bond acceptors (Lipinski definition) is 1. The van der Waals surface area contributed by atoms with Crippen molar-refractivity contribution in [2.75, 3.05) is 0 Å². The molecule has 0 saturated carbocycles. The predicted molar refractivity (Wildman–Crippen MR) is 34.4 cm³/mol. The van der Waals surface area contributed by atoms with Gasteiger partial charge in [-0.05, 0) is 12.8 Å². The first kappa shape index (κ1) is 7.41. The van der Waals surface area contributed by atoms with Gasteiger partial charge in [0.15, 0.2) is 0 Å². The molecule has 0 atom stereocenters. The lowest BCUT2D eigenvalue weighted by Crippen LogP contribution is -1.66. The number of unbranched alkanes of at least 4 members (excludes halogenated alkanes) is 1. The van der Waals surface area contributed by atoms with Gasteiger partial charge in [0.2, 0.25) is 0 Å². The molecular formula is C7H11O. The van der Waals surface area contributed by atoms with Crippen molar-refractivity contribution in [3.05, 3.63) is 19.1 Å². The second-order valence-electron chi connectivity index (χ2n) is 1.52. The number of rotatable bonds is 4. The maximum Gasteiger partial charge on any atom is 0.123 e. The van der Waals surface area contributed by atoms with Crippen molar-refractivity contribution < 1.29 is 4.79 Å². The van der Waals surface area contributed by atoms with E-state index in [9.17, 15) is 4.79 Å². The first-order valence-electron chi connectivity index (χ1n) is 2.79. The molecule has 0 aliphatic heterocycles. The Balaban J connectivity index is 2.94. The Morgan fingerprint density at radius 2 is 2.12 bits per heavy atom. The second-order valence-corrected chi connectivity index (χ2v) is 1.52. The van der Waals surface area contributed by atoms with Crippen LogP contribution in [0.4, 0.5) is 0 Å². The SMILES string of the molecule is [CH2]CCC=CCC=O. The molecule has 0 rings (SSSR count). The van der Waals surface area contributed by atoms with E-state index in [0.29, 0.717) is 6.42 Å². The zero-order valence-electron chi connectivity index (χ0n) is 4.97. The molecule has 0 fully saturated rings. The quantitative estimate of drug-likeness (QED) is 0.399. The Bertz CT molecular complexity index is 74.5. The summed E-state index contributed by atoms with van der Waals surface area (Å²) >= 11 is 0. The van der Waals surface area contributed by atoms with E-state index in [1.54, 1.807) is 0 Å². The van der Waals surface area contributed by atoms with Gasteiger partial charge >= 0.3 is 0 Å². The van der Waals surface area contributed by atoms with E-state index in [4.69, 9.17) is 0 Å². The van der Waals surface area contributed by atoms with Gasteiger partial charge in [0.1, 0.15) is 6.29 Å². The van der Waals surface area contributed by atoms with E-state index in [2.05, 4.69) is 6.92 Å². The highest BCUT2D eigenvalue weighted by Crippen LogP contribution is 1.87. The normalized spacial score (nSPS) is 10.1. The zero-order chi connectivity index (χ0) is 6.24. The van der Waals surface area contributed by atoms with E-state index in [1.165, 1.54) is 0 Å². The van der Waals surface area contributed by atoms with Crippen LogP contribution in [0.1, 0.15) is 19.3 Å². The van der Waals surface area contributed by atoms with Crippen LogP contribution in [-0.2, 0) is 4.79 Å². The molecule has 0 N–H and O–H groups in total. The van der Waals surface area contributed by atoms with Crippen molar-refractivity contribution in [2.24, 2.45) is 0 Å². The van der Waals surface area contributed by atoms with Crippen LogP contribution in [0.5, 0.6) is 0 Å². The van der Waals surface area contributed by atoms with Crippen LogP contribution in [-0.4, -0.2) is 6.29 Å². The van der Waals surface area contributed by atoms with Crippen LogP contribution in [0.3, 0.4) is 0 Å². The molecule has 0 spiro atoms. The average molecular weight is 111 g/mol. The topological polar surface area (TPSA) is 17.1 Å². The molecule has 0 aliphatic carbocycles. The highest BCUT2D eigenvalue weighted by molar-refractivity contribution is 5.51. The minimum atomic E-state index is 0.542. The Hall–Kier alpha value is -0.590. The van der Waals surface area contributed by atoms with Crippen molar-refractivity contribution in [1.82, 2.24) is 0 Å². The minimum Gasteiger partial charge on any atom is -0.303 e. The molecule has 45 valence electrons. The predicted octanol–water partition coefficient (Wildman–Crippen LogP) is 1.75. The monoisotopic (exact) mass is 111 g/mol. The van der Waals surface area contributed by atoms with E-state index in [1.807, 2.05) is 12.2 Å². The summed E-state index contributed by atoms with van der Waals surface area (Å²) in [4.78, 5) is 9.70. The summed E-state index contributed by atoms with van der Waals surface area (Å²) in [7, 11) is 0. The van der Waals surface area contributed by atoms with E-state index in [0.717, 1.165) is 19.1 Å². The average Bonchev–Trinajstić information content (AvgIpc) is 1.81. The lowest BCUT2D eigenvalue weighted by atomic mass is 10.3. The molecule has 0 unspecified atom stereocenters. The minimum absolute atomic E-state index is 0.542. The Kier molecular flexibility index (Phi) is 5.94. The number of carbonyl (C=O) groups is 1. The van der Waals surface area contributed by atoms with Crippen LogP contribution in [0.25, 0.3) is 0 Å². The third-order valence-electron chi connectivity index (χ3n) is 0.770. The molecule has 0 bridgehead atoms. The van der Waals surface area contributed by atoms with E-state index in [-0.39, 0.29) is 0 Å². The van der Waals surface area contributed by atoms with Crippen LogP contribution in [0.15, 0.2) is 12.2 Å². The van der Waals surface area contributed by atoms with Gasteiger partial charge in [0.25, 0.3) is 0 Å². The first-order chi connectivity index (χ1) is 3.91. The van der Waals surface area contributed by atoms with Crippen molar-refractivity contribution in [2.45, 2.75) is 19.3 Å². The lowest BCUT2D eigenvalue weighted by molar-refractivity contribution is -0.107. The van der Waals surface area contributed by atoms with Crippen LogP contribution < -0.4 is 0 Å². The summed E-state index contributed by atoms with van der Waals surface area (Å²) in [6, 6.07) is 0. The summed E-state index contributed by atoms with van der Waals surface area (Å²) in [5.74, 6) is 0.